The van der Waals surface area contributed by atoms with Crippen LogP contribution in [0.2, 0.25) is 0 Å². The fourth-order valence-electron chi connectivity index (χ4n) is 2.62. The molecule has 1 aliphatic heterocycles. The van der Waals surface area contributed by atoms with Gasteiger partial charge in [-0.05, 0) is 38.0 Å². The third kappa shape index (κ3) is 4.44. The van der Waals surface area contributed by atoms with Crippen LogP contribution >= 0.6 is 0 Å². The first-order chi connectivity index (χ1) is 12.1. The molecule has 1 fully saturated rings. The Hall–Kier alpha value is -2.77. The zero-order chi connectivity index (χ0) is 19.5. The number of hydrogen-bond donors (Lipinski definition) is 2. The molecule has 3 amide bonds. The Kier molecular flexibility index (Phi) is 5.74. The van der Waals surface area contributed by atoms with Crippen LogP contribution in [0.15, 0.2) is 18.2 Å². The van der Waals surface area contributed by atoms with Crippen molar-refractivity contribution < 1.29 is 24.2 Å². The van der Waals surface area contributed by atoms with Gasteiger partial charge in [-0.25, -0.2) is 4.79 Å². The van der Waals surface area contributed by atoms with E-state index >= 15 is 0 Å². The minimum atomic E-state index is -0.928. The van der Waals surface area contributed by atoms with Gasteiger partial charge >= 0.3 is 12.0 Å². The first-order valence-corrected chi connectivity index (χ1v) is 8.35. The van der Waals surface area contributed by atoms with Crippen molar-refractivity contribution >= 4 is 23.6 Å². The van der Waals surface area contributed by atoms with Gasteiger partial charge in [0.15, 0.2) is 6.61 Å². The monoisotopic (exact) mass is 363 g/mol. The lowest BCUT2D eigenvalue weighted by Crippen LogP contribution is -2.37. The summed E-state index contributed by atoms with van der Waals surface area (Å²) in [4.78, 5) is 38.5. The van der Waals surface area contributed by atoms with E-state index in [-0.39, 0.29) is 25.1 Å². The highest BCUT2D eigenvalue weighted by Gasteiger charge is 2.42. The number of carboxylic acid groups (broad SMARTS) is 1. The van der Waals surface area contributed by atoms with Crippen molar-refractivity contribution in [3.05, 3.63) is 23.8 Å². The van der Waals surface area contributed by atoms with Crippen LogP contribution in [0.4, 0.5) is 10.5 Å². The maximum absolute atomic E-state index is 12.5. The van der Waals surface area contributed by atoms with E-state index in [9.17, 15) is 19.5 Å². The number of likely N-dealkylation sites (N-methyl/N-ethyl adjacent to an activating group) is 1. The summed E-state index contributed by atoms with van der Waals surface area (Å²) in [5.41, 5.74) is 0.438. The largest absolute Gasteiger partial charge is 0.482 e. The molecule has 1 aliphatic rings. The second-order valence-electron chi connectivity index (χ2n) is 7.04. The second kappa shape index (κ2) is 7.63. The van der Waals surface area contributed by atoms with Crippen molar-refractivity contribution in [3.63, 3.8) is 0 Å². The molecular formula is C18H25N3O5. The number of rotatable bonds is 5. The van der Waals surface area contributed by atoms with Crippen molar-refractivity contribution in [1.29, 1.82) is 0 Å². The molecule has 0 spiro atoms. The number of nitrogens with one attached hydrogen (secondary N) is 1. The maximum atomic E-state index is 12.5. The molecule has 1 aromatic rings. The number of ether oxygens (including phenoxy) is 1. The molecule has 1 aromatic carbocycles. The Bertz CT molecular complexity index is 719. The van der Waals surface area contributed by atoms with Gasteiger partial charge in [-0.1, -0.05) is 6.07 Å². The first-order valence-electron chi connectivity index (χ1n) is 8.35. The molecule has 8 heteroatoms. The summed E-state index contributed by atoms with van der Waals surface area (Å²) in [7, 11) is 3.27. The number of carbonyl (C=O) groups is 3. The molecule has 0 bridgehead atoms. The standard InChI is InChI=1S/C18H25N3O5/c1-12-5-6-13(14(9-12)26-10-15(22)20(3)4)19-17(25)21-8-7-18(2,11-21)16(23)24/h5-6,9H,7-8,10-11H2,1-4H3,(H,19,25)(H,23,24). The third-order valence-corrected chi connectivity index (χ3v) is 4.51. The number of aryl methyl sites for hydroxylation is 1. The quantitative estimate of drug-likeness (QED) is 0.831. The number of likely N-dealkylation sites (tertiary alicyclic amines) is 1. The van der Waals surface area contributed by atoms with E-state index in [1.807, 2.05) is 13.0 Å². The first kappa shape index (κ1) is 19.6. The van der Waals surface area contributed by atoms with Crippen molar-refractivity contribution in [2.75, 3.05) is 39.1 Å². The number of benzene rings is 1. The zero-order valence-corrected chi connectivity index (χ0v) is 15.5. The minimum absolute atomic E-state index is 0.139. The highest BCUT2D eigenvalue weighted by atomic mass is 16.5. The van der Waals surface area contributed by atoms with Crippen LogP contribution in [0, 0.1) is 12.3 Å². The van der Waals surface area contributed by atoms with E-state index < -0.39 is 11.4 Å². The van der Waals surface area contributed by atoms with E-state index in [2.05, 4.69) is 5.32 Å². The SMILES string of the molecule is Cc1ccc(NC(=O)N2CCC(C)(C(=O)O)C2)c(OCC(=O)N(C)C)c1. The van der Waals surface area contributed by atoms with E-state index in [0.717, 1.165) is 5.56 Å². The smallest absolute Gasteiger partial charge is 0.321 e. The van der Waals surface area contributed by atoms with Gasteiger partial charge in [0, 0.05) is 27.2 Å². The topological polar surface area (TPSA) is 99.2 Å². The zero-order valence-electron chi connectivity index (χ0n) is 15.5. The molecule has 0 saturated carbocycles. The van der Waals surface area contributed by atoms with Crippen LogP contribution in [0.1, 0.15) is 18.9 Å². The van der Waals surface area contributed by atoms with Gasteiger partial charge < -0.3 is 25.0 Å². The highest BCUT2D eigenvalue weighted by molar-refractivity contribution is 5.92. The molecule has 0 aromatic heterocycles. The molecule has 142 valence electrons. The van der Waals surface area contributed by atoms with Crippen LogP contribution in [0.5, 0.6) is 5.75 Å². The van der Waals surface area contributed by atoms with E-state index in [4.69, 9.17) is 4.74 Å². The number of aliphatic carboxylic acids is 1. The summed E-state index contributed by atoms with van der Waals surface area (Å²) in [6.45, 7) is 3.89. The Labute approximate surface area is 152 Å². The predicted molar refractivity (Wildman–Crippen MR) is 96.3 cm³/mol. The van der Waals surface area contributed by atoms with E-state index in [1.165, 1.54) is 9.80 Å². The van der Waals surface area contributed by atoms with Crippen LogP contribution in [0.3, 0.4) is 0 Å². The number of hydrogen-bond acceptors (Lipinski definition) is 4. The summed E-state index contributed by atoms with van der Waals surface area (Å²) < 4.78 is 5.57. The van der Waals surface area contributed by atoms with Gasteiger partial charge in [-0.15, -0.1) is 0 Å². The second-order valence-corrected chi connectivity index (χ2v) is 7.04. The van der Waals surface area contributed by atoms with Crippen LogP contribution in [-0.2, 0) is 9.59 Å². The molecule has 2 N–H and O–H groups in total. The molecule has 1 atom stereocenters. The highest BCUT2D eigenvalue weighted by Crippen LogP contribution is 2.31. The van der Waals surface area contributed by atoms with Crippen molar-refractivity contribution in [1.82, 2.24) is 9.80 Å². The number of carbonyl (C=O) groups excluding carboxylic acids is 2. The van der Waals surface area contributed by atoms with Gasteiger partial charge in [-0.2, -0.15) is 0 Å². The molecular weight excluding hydrogens is 338 g/mol. The summed E-state index contributed by atoms with van der Waals surface area (Å²) in [5.74, 6) is -0.705. The molecule has 1 saturated heterocycles. The molecule has 2 rings (SSSR count). The lowest BCUT2D eigenvalue weighted by atomic mass is 9.90. The molecule has 0 radical (unpaired) electrons. The molecule has 8 nitrogen and oxygen atoms in total. The van der Waals surface area contributed by atoms with Gasteiger partial charge in [0.2, 0.25) is 0 Å². The van der Waals surface area contributed by atoms with Crippen LogP contribution < -0.4 is 10.1 Å². The number of amides is 3. The van der Waals surface area contributed by atoms with Crippen molar-refractivity contribution in [2.24, 2.45) is 5.41 Å². The maximum Gasteiger partial charge on any atom is 0.321 e. The molecule has 26 heavy (non-hydrogen) atoms. The summed E-state index contributed by atoms with van der Waals surface area (Å²) in [6, 6.07) is 4.88. The van der Waals surface area contributed by atoms with Crippen LogP contribution in [0.25, 0.3) is 0 Å². The number of anilines is 1. The summed E-state index contributed by atoms with van der Waals surface area (Å²) >= 11 is 0. The third-order valence-electron chi connectivity index (χ3n) is 4.51. The van der Waals surface area contributed by atoms with Gasteiger partial charge in [0.05, 0.1) is 11.1 Å². The summed E-state index contributed by atoms with van der Waals surface area (Å²) in [5, 5.41) is 12.0. The van der Waals surface area contributed by atoms with Gasteiger partial charge in [0.1, 0.15) is 5.75 Å². The average Bonchev–Trinajstić information content (AvgIpc) is 2.98. The normalized spacial score (nSPS) is 19.2. The Morgan fingerprint density at radius 2 is 2.04 bits per heavy atom. The van der Waals surface area contributed by atoms with Crippen molar-refractivity contribution in [3.8, 4) is 5.75 Å². The molecule has 1 heterocycles. The Morgan fingerprint density at radius 1 is 1.35 bits per heavy atom. The minimum Gasteiger partial charge on any atom is -0.482 e. The predicted octanol–water partition coefficient (Wildman–Crippen LogP) is 1.79. The lowest BCUT2D eigenvalue weighted by Gasteiger charge is -2.21. The Balaban J connectivity index is 2.08. The van der Waals surface area contributed by atoms with Gasteiger partial charge in [-0.3, -0.25) is 9.59 Å². The molecule has 0 aliphatic carbocycles. The summed E-state index contributed by atoms with van der Waals surface area (Å²) in [6.07, 6.45) is 0.407. The number of nitrogens with zero attached hydrogens (tertiary/aromatic N) is 2. The Morgan fingerprint density at radius 3 is 2.62 bits per heavy atom. The number of urea groups is 1. The lowest BCUT2D eigenvalue weighted by molar-refractivity contribution is -0.147. The fourth-order valence-corrected chi connectivity index (χ4v) is 2.62. The van der Waals surface area contributed by atoms with E-state index in [1.54, 1.807) is 33.2 Å². The number of carboxylic acids is 1. The molecule has 1 unspecified atom stereocenters. The average molecular weight is 363 g/mol. The van der Waals surface area contributed by atoms with Crippen molar-refractivity contribution in [2.45, 2.75) is 20.3 Å². The van der Waals surface area contributed by atoms with Gasteiger partial charge in [0.25, 0.3) is 5.91 Å². The van der Waals surface area contributed by atoms with E-state index in [0.29, 0.717) is 24.4 Å². The van der Waals surface area contributed by atoms with Crippen LogP contribution in [-0.4, -0.2) is 66.6 Å². The fraction of sp³-hybridized carbons (Fsp3) is 0.500.